The smallest absolute Gasteiger partial charge is 0.415 e. The molecule has 1 aliphatic heterocycles. The lowest BCUT2D eigenvalue weighted by Gasteiger charge is -2.30. The highest BCUT2D eigenvalue weighted by molar-refractivity contribution is 6.06. The van der Waals surface area contributed by atoms with Crippen LogP contribution in [0.15, 0.2) is 0 Å². The normalized spacial score (nSPS) is 28.6. The van der Waals surface area contributed by atoms with Gasteiger partial charge in [0.2, 0.25) is 5.67 Å². The van der Waals surface area contributed by atoms with E-state index in [4.69, 9.17) is 5.11 Å². The lowest BCUT2D eigenvalue weighted by Crippen LogP contribution is -2.62. The van der Waals surface area contributed by atoms with Crippen molar-refractivity contribution in [1.29, 1.82) is 0 Å². The van der Waals surface area contributed by atoms with Gasteiger partial charge in [-0.05, 0) is 6.92 Å². The van der Waals surface area contributed by atoms with Crippen molar-refractivity contribution in [3.8, 4) is 0 Å². The summed E-state index contributed by atoms with van der Waals surface area (Å²) in [4.78, 5) is 32.1. The van der Waals surface area contributed by atoms with Crippen LogP contribution >= 0.6 is 0 Å². The van der Waals surface area contributed by atoms with E-state index in [1.165, 1.54) is 0 Å². The third-order valence-electron chi connectivity index (χ3n) is 1.63. The van der Waals surface area contributed by atoms with Crippen molar-refractivity contribution in [3.05, 3.63) is 0 Å². The molecule has 0 aromatic heterocycles. The van der Waals surface area contributed by atoms with Crippen LogP contribution < -0.4 is 5.32 Å². The van der Waals surface area contributed by atoms with Crippen LogP contribution in [-0.2, 0) is 4.79 Å². The molecule has 1 unspecified atom stereocenters. The van der Waals surface area contributed by atoms with Gasteiger partial charge in [0.05, 0.1) is 6.54 Å². The molecule has 72 valence electrons. The van der Waals surface area contributed by atoms with Crippen LogP contribution in [0.5, 0.6) is 0 Å². The summed E-state index contributed by atoms with van der Waals surface area (Å²) in [5.41, 5.74) is -2.35. The molecule has 0 aliphatic carbocycles. The highest BCUT2D eigenvalue weighted by atomic mass is 19.1. The highest BCUT2D eigenvalue weighted by Gasteiger charge is 2.45. The molecule has 1 rings (SSSR count). The zero-order valence-corrected chi connectivity index (χ0v) is 6.70. The molecule has 1 heterocycles. The number of hydrogen-bond donors (Lipinski definition) is 2. The summed E-state index contributed by atoms with van der Waals surface area (Å²) in [7, 11) is 0. The molecule has 6 nitrogen and oxygen atoms in total. The van der Waals surface area contributed by atoms with Gasteiger partial charge in [0.15, 0.2) is 0 Å². The van der Waals surface area contributed by atoms with Crippen molar-refractivity contribution in [3.63, 3.8) is 0 Å². The topological polar surface area (TPSA) is 86.7 Å². The summed E-state index contributed by atoms with van der Waals surface area (Å²) < 4.78 is 13.2. The monoisotopic (exact) mass is 190 g/mol. The van der Waals surface area contributed by atoms with Crippen molar-refractivity contribution in [2.75, 3.05) is 6.54 Å². The lowest BCUT2D eigenvalue weighted by atomic mass is 10.1. The summed E-state index contributed by atoms with van der Waals surface area (Å²) in [6.07, 6.45) is -1.59. The Morgan fingerprint density at radius 2 is 2.23 bits per heavy atom. The molecule has 1 saturated heterocycles. The fraction of sp³-hybridized carbons (Fsp3) is 0.500. The van der Waals surface area contributed by atoms with Crippen LogP contribution in [0.1, 0.15) is 6.92 Å². The Morgan fingerprint density at radius 3 is 2.69 bits per heavy atom. The van der Waals surface area contributed by atoms with Crippen LogP contribution in [0.4, 0.5) is 14.0 Å². The minimum absolute atomic E-state index is 0.210. The number of imide groups is 2. The summed E-state index contributed by atoms with van der Waals surface area (Å²) in [6, 6.07) is -1.12. The fourth-order valence-electron chi connectivity index (χ4n) is 0.890. The SMILES string of the molecule is CC1(F)CN(C(=O)O)C(=O)NC1=O. The van der Waals surface area contributed by atoms with Crippen LogP contribution in [0.25, 0.3) is 0 Å². The van der Waals surface area contributed by atoms with Gasteiger partial charge in [-0.1, -0.05) is 0 Å². The van der Waals surface area contributed by atoms with E-state index in [-0.39, 0.29) is 4.90 Å². The van der Waals surface area contributed by atoms with Crippen molar-refractivity contribution in [1.82, 2.24) is 10.2 Å². The standard InChI is InChI=1S/C6H7FN2O4/c1-6(7)2-9(5(12)13)4(11)8-3(6)10/h2H2,1H3,(H,12,13)(H,8,10,11). The Balaban J connectivity index is 2.88. The summed E-state index contributed by atoms with van der Waals surface area (Å²) >= 11 is 0. The maximum atomic E-state index is 13.2. The summed E-state index contributed by atoms with van der Waals surface area (Å²) in [5.74, 6) is -1.12. The number of urea groups is 1. The van der Waals surface area contributed by atoms with Gasteiger partial charge in [-0.25, -0.2) is 18.9 Å². The maximum Gasteiger partial charge on any atom is 0.415 e. The van der Waals surface area contributed by atoms with Crippen molar-refractivity contribution < 1.29 is 23.9 Å². The zero-order valence-electron chi connectivity index (χ0n) is 6.70. The van der Waals surface area contributed by atoms with Crippen molar-refractivity contribution in [2.45, 2.75) is 12.6 Å². The molecule has 7 heteroatoms. The summed E-state index contributed by atoms with van der Waals surface area (Å²) in [6.45, 7) is 0.137. The van der Waals surface area contributed by atoms with E-state index in [1.54, 1.807) is 5.32 Å². The number of nitrogens with zero attached hydrogens (tertiary/aromatic N) is 1. The molecule has 0 bridgehead atoms. The number of alkyl halides is 1. The number of hydrogen-bond acceptors (Lipinski definition) is 3. The predicted octanol–water partition coefficient (Wildman–Crippen LogP) is -0.0556. The number of carbonyl (C=O) groups is 3. The molecule has 0 spiro atoms. The Labute approximate surface area is 72.3 Å². The van der Waals surface area contributed by atoms with Crippen LogP contribution in [-0.4, -0.2) is 40.3 Å². The largest absolute Gasteiger partial charge is 0.465 e. The molecule has 13 heavy (non-hydrogen) atoms. The zero-order chi connectivity index (χ0) is 10.2. The number of rotatable bonds is 0. The van der Waals surface area contributed by atoms with E-state index >= 15 is 0 Å². The first-order valence-corrected chi connectivity index (χ1v) is 3.39. The molecule has 0 aromatic carbocycles. The summed E-state index contributed by atoms with van der Waals surface area (Å²) in [5, 5.41) is 10.0. The molecule has 4 amide bonds. The third kappa shape index (κ3) is 1.58. The first-order chi connectivity index (χ1) is 5.84. The fourth-order valence-corrected chi connectivity index (χ4v) is 0.890. The predicted molar refractivity (Wildman–Crippen MR) is 37.8 cm³/mol. The van der Waals surface area contributed by atoms with Crippen LogP contribution in [0.3, 0.4) is 0 Å². The van der Waals surface area contributed by atoms with E-state index in [9.17, 15) is 18.8 Å². The molecule has 1 fully saturated rings. The van der Waals surface area contributed by atoms with E-state index in [1.807, 2.05) is 0 Å². The molecule has 0 radical (unpaired) electrons. The third-order valence-corrected chi connectivity index (χ3v) is 1.63. The molecule has 2 N–H and O–H groups in total. The first kappa shape index (κ1) is 9.43. The van der Waals surface area contributed by atoms with Crippen LogP contribution in [0, 0.1) is 0 Å². The van der Waals surface area contributed by atoms with Gasteiger partial charge < -0.3 is 5.11 Å². The second-order valence-corrected chi connectivity index (χ2v) is 2.83. The van der Waals surface area contributed by atoms with Crippen LogP contribution in [0.2, 0.25) is 0 Å². The Bertz CT molecular complexity index is 288. The van der Waals surface area contributed by atoms with Gasteiger partial charge in [-0.2, -0.15) is 0 Å². The highest BCUT2D eigenvalue weighted by Crippen LogP contribution is 2.17. The van der Waals surface area contributed by atoms with Crippen molar-refractivity contribution >= 4 is 18.0 Å². The number of carbonyl (C=O) groups excluding carboxylic acids is 2. The quantitative estimate of drug-likeness (QED) is 0.560. The number of halogens is 1. The minimum atomic E-state index is -2.35. The molecular formula is C6H7FN2O4. The number of amides is 4. The molecule has 0 aromatic rings. The van der Waals surface area contributed by atoms with Gasteiger partial charge in [-0.3, -0.25) is 10.1 Å². The van der Waals surface area contributed by atoms with Gasteiger partial charge in [0.1, 0.15) is 0 Å². The molecule has 0 saturated carbocycles. The van der Waals surface area contributed by atoms with Gasteiger partial charge in [-0.15, -0.1) is 0 Å². The van der Waals surface area contributed by atoms with E-state index in [2.05, 4.69) is 0 Å². The van der Waals surface area contributed by atoms with E-state index in [0.717, 1.165) is 6.92 Å². The minimum Gasteiger partial charge on any atom is -0.465 e. The average Bonchev–Trinajstić information content (AvgIpc) is 1.97. The van der Waals surface area contributed by atoms with E-state index < -0.39 is 30.2 Å². The lowest BCUT2D eigenvalue weighted by molar-refractivity contribution is -0.133. The molecule has 1 atom stereocenters. The Kier molecular flexibility index (Phi) is 1.94. The van der Waals surface area contributed by atoms with Gasteiger partial charge >= 0.3 is 12.1 Å². The Morgan fingerprint density at radius 1 is 1.69 bits per heavy atom. The Hall–Kier alpha value is -1.66. The van der Waals surface area contributed by atoms with Crippen molar-refractivity contribution in [2.24, 2.45) is 0 Å². The van der Waals surface area contributed by atoms with Gasteiger partial charge in [0.25, 0.3) is 5.91 Å². The number of nitrogens with one attached hydrogen (secondary N) is 1. The molecular weight excluding hydrogens is 183 g/mol. The van der Waals surface area contributed by atoms with Gasteiger partial charge in [0, 0.05) is 0 Å². The second-order valence-electron chi connectivity index (χ2n) is 2.83. The molecule has 1 aliphatic rings. The second kappa shape index (κ2) is 2.68. The number of carboxylic acid groups (broad SMARTS) is 1. The average molecular weight is 190 g/mol. The van der Waals surface area contributed by atoms with E-state index in [0.29, 0.717) is 0 Å². The first-order valence-electron chi connectivity index (χ1n) is 3.39. The maximum absolute atomic E-state index is 13.2.